The number of hydrogen-bond donors (Lipinski definition) is 6. The van der Waals surface area contributed by atoms with Crippen molar-refractivity contribution >= 4 is 10.8 Å². The van der Waals surface area contributed by atoms with Crippen molar-refractivity contribution in [2.24, 2.45) is 5.73 Å². The van der Waals surface area contributed by atoms with Gasteiger partial charge in [-0.25, -0.2) is 0 Å². The lowest BCUT2D eigenvalue weighted by Crippen LogP contribution is -2.59. The highest BCUT2D eigenvalue weighted by molar-refractivity contribution is 7.84. The Hall–Kier alpha value is -0.250. The van der Waals surface area contributed by atoms with Crippen LogP contribution in [-0.4, -0.2) is 136 Å². The summed E-state index contributed by atoms with van der Waals surface area (Å²) in [4.78, 5) is 2.52. The van der Waals surface area contributed by atoms with Crippen molar-refractivity contribution in [3.05, 3.63) is 0 Å². The third-order valence-electron chi connectivity index (χ3n) is 10.2. The van der Waals surface area contributed by atoms with Crippen LogP contribution in [0, 0.1) is 0 Å². The van der Waals surface area contributed by atoms with Crippen LogP contribution in [-0.2, 0) is 25.0 Å². The lowest BCUT2D eigenvalue weighted by atomic mass is 9.99. The van der Waals surface area contributed by atoms with E-state index in [0.29, 0.717) is 6.42 Å². The molecule has 0 aliphatic carbocycles. The van der Waals surface area contributed by atoms with Crippen LogP contribution in [0.25, 0.3) is 0 Å². The van der Waals surface area contributed by atoms with Gasteiger partial charge in [0.1, 0.15) is 24.4 Å². The average Bonchev–Trinajstić information content (AvgIpc) is 3.13. The lowest BCUT2D eigenvalue weighted by molar-refractivity contribution is -0.302. The van der Waals surface area contributed by atoms with E-state index in [0.717, 1.165) is 51.3 Å². The predicted octanol–water partition coefficient (Wildman–Crippen LogP) is 4.79. The Balaban J connectivity index is 0.000000581. The van der Waals surface area contributed by atoms with E-state index < -0.39 is 60.3 Å². The lowest BCUT2D eigenvalue weighted by Gasteiger charge is -2.40. The Morgan fingerprint density at radius 3 is 1.75 bits per heavy atom. The maximum Gasteiger partial charge on any atom is 0.186 e. The van der Waals surface area contributed by atoms with Gasteiger partial charge < -0.3 is 45.5 Å². The second kappa shape index (κ2) is 33.1. The number of hydrogen-bond acceptors (Lipinski definition) is 11. The zero-order valence-electron chi connectivity index (χ0n) is 32.6. The van der Waals surface area contributed by atoms with Crippen molar-refractivity contribution in [3.8, 4) is 0 Å². The van der Waals surface area contributed by atoms with Crippen LogP contribution in [0.15, 0.2) is 0 Å². The van der Waals surface area contributed by atoms with Crippen molar-refractivity contribution in [3.63, 3.8) is 0 Å². The van der Waals surface area contributed by atoms with Crippen LogP contribution in [0.5, 0.6) is 0 Å². The van der Waals surface area contributed by atoms with E-state index in [9.17, 15) is 29.7 Å². The molecule has 51 heavy (non-hydrogen) atoms. The molecule has 7 N–H and O–H groups in total. The highest BCUT2D eigenvalue weighted by Gasteiger charge is 2.44. The van der Waals surface area contributed by atoms with E-state index in [4.69, 9.17) is 19.9 Å². The van der Waals surface area contributed by atoms with Crippen molar-refractivity contribution in [2.45, 2.75) is 191 Å². The van der Waals surface area contributed by atoms with E-state index in [-0.39, 0.29) is 6.61 Å². The predicted molar refractivity (Wildman–Crippen MR) is 207 cm³/mol. The van der Waals surface area contributed by atoms with Crippen LogP contribution >= 0.6 is 0 Å². The molecule has 11 nitrogen and oxygen atoms in total. The molecule has 0 radical (unpaired) electrons. The minimum atomic E-state index is -1.49. The topological polar surface area (TPSA) is 175 Å². The normalized spacial score (nSPS) is 24.5. The average molecular weight is 753 g/mol. The third kappa shape index (κ3) is 25.5. The fraction of sp³-hybridized carbons (Fsp3) is 1.00. The fourth-order valence-corrected chi connectivity index (χ4v) is 7.24. The Morgan fingerprint density at radius 2 is 1.24 bits per heavy atom. The Kier molecular flexibility index (Phi) is 31.7. The Labute approximate surface area is 313 Å². The van der Waals surface area contributed by atoms with Gasteiger partial charge >= 0.3 is 0 Å². The molecule has 12 heteroatoms. The van der Waals surface area contributed by atoms with Gasteiger partial charge in [0, 0.05) is 35.9 Å². The molecule has 2 rings (SSSR count). The summed E-state index contributed by atoms with van der Waals surface area (Å²) in [5.74, 6) is 0.888. The monoisotopic (exact) mass is 753 g/mol. The highest BCUT2D eigenvalue weighted by Crippen LogP contribution is 2.22. The van der Waals surface area contributed by atoms with Gasteiger partial charge in [-0.2, -0.15) is 0 Å². The van der Waals surface area contributed by atoms with Gasteiger partial charge in [0.25, 0.3) is 0 Å². The number of unbranched alkanes of at least 4 members (excludes halogenated alkanes) is 19. The van der Waals surface area contributed by atoms with E-state index in [1.807, 2.05) is 0 Å². The number of ether oxygens (including phenoxy) is 3. The summed E-state index contributed by atoms with van der Waals surface area (Å²) in [6, 6.07) is -0.653. The van der Waals surface area contributed by atoms with Crippen LogP contribution < -0.4 is 5.73 Å². The van der Waals surface area contributed by atoms with Crippen molar-refractivity contribution in [1.82, 2.24) is 4.90 Å². The number of morpholine rings is 1. The summed E-state index contributed by atoms with van der Waals surface area (Å²) < 4.78 is 26.9. The quantitative estimate of drug-likeness (QED) is 0.0557. The smallest absolute Gasteiger partial charge is 0.186 e. The minimum absolute atomic E-state index is 0.0672. The zero-order chi connectivity index (χ0) is 37.5. The summed E-state index contributed by atoms with van der Waals surface area (Å²) in [5.41, 5.74) is 5.98. The van der Waals surface area contributed by atoms with Crippen LogP contribution in [0.4, 0.5) is 0 Å². The third-order valence-corrected chi connectivity index (χ3v) is 11.0. The number of rotatable bonds is 30. The SMILES string of the molecule is CCCCCCCCCCCCCCCC(O)C(N)COC1OC(CO)C(O)C(O)C1O.CS(=O)CCCCCCCCCCN1CCOCC1. The summed E-state index contributed by atoms with van der Waals surface area (Å²) in [7, 11) is -0.593. The molecule has 0 spiro atoms. The summed E-state index contributed by atoms with van der Waals surface area (Å²) >= 11 is 0. The van der Waals surface area contributed by atoms with Gasteiger partial charge in [-0.1, -0.05) is 129 Å². The molecule has 0 amide bonds. The molecule has 0 bridgehead atoms. The molecule has 2 heterocycles. The van der Waals surface area contributed by atoms with Gasteiger partial charge in [0.15, 0.2) is 6.29 Å². The standard InChI is InChI=1S/C24H49NO7.C15H31NO2S/c1-2-3-4-5-6-7-8-9-10-11-12-13-14-15-19(27)18(25)17-31-24-23(30)22(29)21(28)20(16-26)32-24;1-19(17)15-9-7-5-3-2-4-6-8-10-16-11-13-18-14-12-16/h18-24,26-30H,2-17,25H2,1H3;2-15H2,1H3. The van der Waals surface area contributed by atoms with Gasteiger partial charge in [-0.05, 0) is 25.8 Å². The second-order valence-electron chi connectivity index (χ2n) is 14.9. The molecular formula is C39H80N2O9S. The van der Waals surface area contributed by atoms with E-state index in [1.165, 1.54) is 122 Å². The fourth-order valence-electron chi connectivity index (χ4n) is 6.63. The van der Waals surface area contributed by atoms with Gasteiger partial charge in [-0.3, -0.25) is 9.11 Å². The molecular weight excluding hydrogens is 673 g/mol. The Morgan fingerprint density at radius 1 is 0.745 bits per heavy atom. The molecule has 0 aromatic carbocycles. The molecule has 306 valence electrons. The van der Waals surface area contributed by atoms with Crippen LogP contribution in [0.2, 0.25) is 0 Å². The van der Waals surface area contributed by atoms with Crippen molar-refractivity contribution in [2.75, 3.05) is 58.1 Å². The number of nitrogens with two attached hydrogens (primary N) is 1. The summed E-state index contributed by atoms with van der Waals surface area (Å²) in [6.07, 6.45) is 22.0. The summed E-state index contributed by atoms with van der Waals surface area (Å²) in [6.45, 7) is 7.01. The maximum absolute atomic E-state index is 10.9. The van der Waals surface area contributed by atoms with Gasteiger partial charge in [0.2, 0.25) is 0 Å². The number of aliphatic hydroxyl groups is 5. The first-order valence-corrected chi connectivity index (χ1v) is 22.4. The minimum Gasteiger partial charge on any atom is -0.394 e. The molecule has 2 saturated heterocycles. The molecule has 2 fully saturated rings. The molecule has 0 saturated carbocycles. The van der Waals surface area contributed by atoms with Crippen LogP contribution in [0.3, 0.4) is 0 Å². The maximum atomic E-state index is 10.9. The summed E-state index contributed by atoms with van der Waals surface area (Å²) in [5, 5.41) is 49.0. The van der Waals surface area contributed by atoms with Gasteiger partial charge in [-0.15, -0.1) is 0 Å². The second-order valence-corrected chi connectivity index (χ2v) is 16.4. The van der Waals surface area contributed by atoms with E-state index >= 15 is 0 Å². The first kappa shape index (κ1) is 48.8. The first-order chi connectivity index (χ1) is 24.7. The molecule has 8 unspecified atom stereocenters. The zero-order valence-corrected chi connectivity index (χ0v) is 33.4. The van der Waals surface area contributed by atoms with Gasteiger partial charge in [0.05, 0.1) is 38.6 Å². The molecule has 0 aromatic rings. The number of nitrogens with zero attached hydrogens (tertiary/aromatic N) is 1. The number of aliphatic hydroxyl groups excluding tert-OH is 5. The molecule has 2 aliphatic heterocycles. The molecule has 0 aromatic heterocycles. The highest BCUT2D eigenvalue weighted by atomic mass is 32.2. The Bertz CT molecular complexity index is 794. The van der Waals surface area contributed by atoms with E-state index in [1.54, 1.807) is 6.26 Å². The van der Waals surface area contributed by atoms with Crippen molar-refractivity contribution in [1.29, 1.82) is 0 Å². The first-order valence-electron chi connectivity index (χ1n) is 20.7. The van der Waals surface area contributed by atoms with Crippen molar-refractivity contribution < 1.29 is 44.0 Å². The van der Waals surface area contributed by atoms with E-state index in [2.05, 4.69) is 11.8 Å². The molecule has 8 atom stereocenters. The largest absolute Gasteiger partial charge is 0.394 e. The van der Waals surface area contributed by atoms with Crippen LogP contribution in [0.1, 0.15) is 148 Å². The molecule has 2 aliphatic rings.